The summed E-state index contributed by atoms with van der Waals surface area (Å²) in [5.74, 6) is -0.132. The lowest BCUT2D eigenvalue weighted by atomic mass is 10.1. The molecule has 4 aromatic rings. The van der Waals surface area contributed by atoms with Crippen LogP contribution in [0.1, 0.15) is 29.2 Å². The summed E-state index contributed by atoms with van der Waals surface area (Å²) in [7, 11) is 0. The van der Waals surface area contributed by atoms with E-state index in [4.69, 9.17) is 4.98 Å². The Morgan fingerprint density at radius 2 is 1.58 bits per heavy atom. The normalized spacial score (nSPS) is 12.0. The number of carbonyl (C=O) groups is 1. The molecule has 0 radical (unpaired) electrons. The molecule has 0 aliphatic heterocycles. The van der Waals surface area contributed by atoms with Crippen molar-refractivity contribution in [3.8, 4) is 5.69 Å². The highest BCUT2D eigenvalue weighted by Gasteiger charge is 2.21. The van der Waals surface area contributed by atoms with Gasteiger partial charge < -0.3 is 5.32 Å². The molecule has 1 heterocycles. The number of aromatic nitrogens is 2. The van der Waals surface area contributed by atoms with Gasteiger partial charge in [0.25, 0.3) is 5.56 Å². The molecule has 3 aromatic carbocycles. The number of para-hydroxylation sites is 1. The van der Waals surface area contributed by atoms with E-state index in [1.807, 2.05) is 77.1 Å². The molecule has 0 fully saturated rings. The van der Waals surface area contributed by atoms with E-state index in [1.54, 1.807) is 10.6 Å². The predicted molar refractivity (Wildman–Crippen MR) is 137 cm³/mol. The van der Waals surface area contributed by atoms with E-state index >= 15 is 0 Å². The molecule has 4 rings (SSSR count). The van der Waals surface area contributed by atoms with E-state index in [0.717, 1.165) is 33.6 Å². The maximum Gasteiger partial charge on any atom is 0.266 e. The Bertz CT molecular complexity index is 1380. The lowest BCUT2D eigenvalue weighted by Crippen LogP contribution is -2.26. The third-order valence-electron chi connectivity index (χ3n) is 5.61. The van der Waals surface area contributed by atoms with Crippen molar-refractivity contribution in [2.24, 2.45) is 0 Å². The summed E-state index contributed by atoms with van der Waals surface area (Å²) < 4.78 is 1.60. The molecule has 1 amide bonds. The number of anilines is 1. The summed E-state index contributed by atoms with van der Waals surface area (Å²) in [4.78, 5) is 31.3. The van der Waals surface area contributed by atoms with Crippen LogP contribution in [0.5, 0.6) is 0 Å². The summed E-state index contributed by atoms with van der Waals surface area (Å²) >= 11 is 1.28. The Morgan fingerprint density at radius 1 is 0.939 bits per heavy atom. The second kappa shape index (κ2) is 9.24. The molecule has 0 saturated heterocycles. The fourth-order valence-electron chi connectivity index (χ4n) is 3.93. The van der Waals surface area contributed by atoms with Crippen LogP contribution in [0.15, 0.2) is 70.6 Å². The van der Waals surface area contributed by atoms with Gasteiger partial charge in [0.2, 0.25) is 5.91 Å². The van der Waals surface area contributed by atoms with Crippen molar-refractivity contribution in [3.05, 3.63) is 93.3 Å². The number of rotatable bonds is 5. The zero-order valence-corrected chi connectivity index (χ0v) is 20.3. The highest BCUT2D eigenvalue weighted by atomic mass is 32.2. The van der Waals surface area contributed by atoms with Crippen molar-refractivity contribution in [2.75, 3.05) is 5.32 Å². The molecule has 0 spiro atoms. The number of hydrogen-bond acceptors (Lipinski definition) is 4. The summed E-state index contributed by atoms with van der Waals surface area (Å²) in [5.41, 5.74) is 6.34. The zero-order valence-electron chi connectivity index (χ0n) is 19.5. The van der Waals surface area contributed by atoms with E-state index in [2.05, 4.69) is 17.4 Å². The molecule has 1 aromatic heterocycles. The number of benzene rings is 3. The predicted octanol–water partition coefficient (Wildman–Crippen LogP) is 5.74. The van der Waals surface area contributed by atoms with E-state index in [9.17, 15) is 9.59 Å². The highest BCUT2D eigenvalue weighted by molar-refractivity contribution is 8.00. The van der Waals surface area contributed by atoms with Crippen molar-refractivity contribution in [3.63, 3.8) is 0 Å². The molecule has 5 nitrogen and oxygen atoms in total. The van der Waals surface area contributed by atoms with Gasteiger partial charge in [0.1, 0.15) is 0 Å². The van der Waals surface area contributed by atoms with E-state index in [-0.39, 0.29) is 11.5 Å². The van der Waals surface area contributed by atoms with Crippen LogP contribution < -0.4 is 10.9 Å². The van der Waals surface area contributed by atoms with Crippen molar-refractivity contribution < 1.29 is 4.79 Å². The Balaban J connectivity index is 1.72. The lowest BCUT2D eigenvalue weighted by Gasteiger charge is -2.18. The van der Waals surface area contributed by atoms with Crippen molar-refractivity contribution in [2.45, 2.75) is 45.0 Å². The van der Waals surface area contributed by atoms with Crippen LogP contribution in [0.2, 0.25) is 0 Å². The van der Waals surface area contributed by atoms with E-state index < -0.39 is 5.25 Å². The molecule has 0 aliphatic carbocycles. The highest BCUT2D eigenvalue weighted by Crippen LogP contribution is 2.28. The van der Waals surface area contributed by atoms with E-state index in [1.165, 1.54) is 11.8 Å². The van der Waals surface area contributed by atoms with Crippen LogP contribution >= 0.6 is 11.8 Å². The largest absolute Gasteiger partial charge is 0.325 e. The Kier molecular flexibility index (Phi) is 6.38. The van der Waals surface area contributed by atoms with Crippen LogP contribution in [0.3, 0.4) is 0 Å². The number of nitrogens with one attached hydrogen (secondary N) is 1. The molecule has 6 heteroatoms. The van der Waals surface area contributed by atoms with Crippen LogP contribution in [-0.2, 0) is 4.79 Å². The first-order valence-electron chi connectivity index (χ1n) is 10.9. The number of carbonyl (C=O) groups excluding carboxylic acids is 1. The van der Waals surface area contributed by atoms with Crippen molar-refractivity contribution >= 4 is 34.3 Å². The number of nitrogens with zero attached hydrogens (tertiary/aromatic N) is 2. The van der Waals surface area contributed by atoms with E-state index in [0.29, 0.717) is 16.1 Å². The van der Waals surface area contributed by atoms with Gasteiger partial charge in [-0.05, 0) is 70.0 Å². The number of hydrogen-bond donors (Lipinski definition) is 1. The van der Waals surface area contributed by atoms with Crippen LogP contribution in [-0.4, -0.2) is 20.7 Å². The average molecular weight is 458 g/mol. The van der Waals surface area contributed by atoms with Crippen LogP contribution in [0, 0.1) is 27.7 Å². The fraction of sp³-hybridized carbons (Fsp3) is 0.222. The third-order valence-corrected chi connectivity index (χ3v) is 6.67. The van der Waals surface area contributed by atoms with Gasteiger partial charge in [-0.25, -0.2) is 4.98 Å². The minimum Gasteiger partial charge on any atom is -0.325 e. The van der Waals surface area contributed by atoms with Crippen molar-refractivity contribution in [1.29, 1.82) is 0 Å². The van der Waals surface area contributed by atoms with Gasteiger partial charge >= 0.3 is 0 Å². The summed E-state index contributed by atoms with van der Waals surface area (Å²) in [6.45, 7) is 9.86. The number of aryl methyl sites for hydroxylation is 4. The molecule has 168 valence electrons. The monoisotopic (exact) mass is 457 g/mol. The number of fused-ring (bicyclic) bond motifs is 1. The van der Waals surface area contributed by atoms with Gasteiger partial charge in [0, 0.05) is 5.69 Å². The summed E-state index contributed by atoms with van der Waals surface area (Å²) in [6, 6.07) is 19.1. The summed E-state index contributed by atoms with van der Waals surface area (Å²) in [6.07, 6.45) is 0. The van der Waals surface area contributed by atoms with Crippen LogP contribution in [0.25, 0.3) is 16.6 Å². The SMILES string of the molecule is Cc1ccc(-n2c(SC(C)C(=O)Nc3c(C)cc(C)cc3C)nc3ccccc3c2=O)cc1. The quantitative estimate of drug-likeness (QED) is 0.307. The molecule has 0 aliphatic rings. The lowest BCUT2D eigenvalue weighted by molar-refractivity contribution is -0.115. The number of thioether (sulfide) groups is 1. The first kappa shape index (κ1) is 22.8. The van der Waals surface area contributed by atoms with Gasteiger partial charge in [-0.2, -0.15) is 0 Å². The molecule has 33 heavy (non-hydrogen) atoms. The molecular weight excluding hydrogens is 430 g/mol. The second-order valence-corrected chi connectivity index (χ2v) is 9.72. The Hall–Kier alpha value is -3.38. The van der Waals surface area contributed by atoms with Gasteiger partial charge in [-0.3, -0.25) is 14.2 Å². The fourth-order valence-corrected chi connectivity index (χ4v) is 4.85. The standard InChI is InChI=1S/C27H27N3O2S/c1-16-10-12-21(13-11-16)30-26(32)22-8-6-7-9-23(22)28-27(30)33-20(5)25(31)29-24-18(3)14-17(2)15-19(24)4/h6-15,20H,1-5H3,(H,29,31). The molecular formula is C27H27N3O2S. The topological polar surface area (TPSA) is 64.0 Å². The van der Waals surface area contributed by atoms with Gasteiger partial charge in [-0.1, -0.05) is 59.3 Å². The third kappa shape index (κ3) is 4.71. The Labute approximate surface area is 197 Å². The minimum atomic E-state index is -0.463. The second-order valence-electron chi connectivity index (χ2n) is 8.41. The Morgan fingerprint density at radius 3 is 2.24 bits per heavy atom. The maximum absolute atomic E-state index is 13.4. The minimum absolute atomic E-state index is 0.132. The van der Waals surface area contributed by atoms with Crippen LogP contribution in [0.4, 0.5) is 5.69 Å². The molecule has 0 bridgehead atoms. The maximum atomic E-state index is 13.4. The van der Waals surface area contributed by atoms with Gasteiger partial charge in [0.15, 0.2) is 5.16 Å². The first-order valence-corrected chi connectivity index (χ1v) is 11.8. The molecule has 1 N–H and O–H groups in total. The van der Waals surface area contributed by atoms with Gasteiger partial charge in [0.05, 0.1) is 21.8 Å². The van der Waals surface area contributed by atoms with Gasteiger partial charge in [-0.15, -0.1) is 0 Å². The average Bonchev–Trinajstić information content (AvgIpc) is 2.77. The first-order chi connectivity index (χ1) is 15.7. The smallest absolute Gasteiger partial charge is 0.266 e. The van der Waals surface area contributed by atoms with Crippen molar-refractivity contribution in [1.82, 2.24) is 9.55 Å². The zero-order chi connectivity index (χ0) is 23.7. The summed E-state index contributed by atoms with van der Waals surface area (Å²) in [5, 5.41) is 3.64. The molecule has 1 unspecified atom stereocenters. The molecule has 0 saturated carbocycles. The molecule has 1 atom stereocenters. The number of amides is 1.